The van der Waals surface area contributed by atoms with Gasteiger partial charge in [0.1, 0.15) is 0 Å². The Kier molecular flexibility index (Phi) is 3.34. The average Bonchev–Trinajstić information content (AvgIpc) is 2.04. The number of hydrogen-bond donors (Lipinski definition) is 1. The van der Waals surface area contributed by atoms with Crippen LogP contribution in [0.1, 0.15) is 20.3 Å². The molecule has 1 heterocycles. The summed E-state index contributed by atoms with van der Waals surface area (Å²) >= 11 is 0. The Hall–Kier alpha value is -0.0800. The van der Waals surface area contributed by atoms with Crippen molar-refractivity contribution < 1.29 is 0 Å². The summed E-state index contributed by atoms with van der Waals surface area (Å²) in [4.78, 5) is 2.53. The van der Waals surface area contributed by atoms with E-state index in [1.165, 1.54) is 26.1 Å². The van der Waals surface area contributed by atoms with E-state index in [2.05, 4.69) is 31.1 Å². The summed E-state index contributed by atoms with van der Waals surface area (Å²) in [5.41, 5.74) is 0. The SMILES string of the molecule is CCN1CCC(NC)C(C)C1. The van der Waals surface area contributed by atoms with E-state index in [9.17, 15) is 0 Å². The third-order valence-electron chi connectivity index (χ3n) is 2.81. The van der Waals surface area contributed by atoms with E-state index in [0.717, 1.165) is 12.0 Å². The van der Waals surface area contributed by atoms with Gasteiger partial charge in [0.2, 0.25) is 0 Å². The van der Waals surface area contributed by atoms with E-state index in [-0.39, 0.29) is 0 Å². The minimum atomic E-state index is 0.748. The minimum Gasteiger partial charge on any atom is -0.317 e. The van der Waals surface area contributed by atoms with Gasteiger partial charge in [-0.15, -0.1) is 0 Å². The summed E-state index contributed by atoms with van der Waals surface area (Å²) < 4.78 is 0. The molecular formula is C9H20N2. The number of nitrogens with one attached hydrogen (secondary N) is 1. The van der Waals surface area contributed by atoms with Crippen LogP contribution in [0.15, 0.2) is 0 Å². The van der Waals surface area contributed by atoms with Crippen LogP contribution in [-0.4, -0.2) is 37.6 Å². The van der Waals surface area contributed by atoms with Gasteiger partial charge in [-0.25, -0.2) is 0 Å². The maximum absolute atomic E-state index is 3.37. The molecule has 66 valence electrons. The average molecular weight is 156 g/mol. The van der Waals surface area contributed by atoms with Gasteiger partial charge in [-0.1, -0.05) is 13.8 Å². The van der Waals surface area contributed by atoms with Crippen molar-refractivity contribution in [2.45, 2.75) is 26.3 Å². The molecule has 0 aliphatic carbocycles. The second-order valence-corrected chi connectivity index (χ2v) is 3.55. The first kappa shape index (κ1) is 9.01. The van der Waals surface area contributed by atoms with Gasteiger partial charge >= 0.3 is 0 Å². The van der Waals surface area contributed by atoms with Crippen molar-refractivity contribution in [2.24, 2.45) is 5.92 Å². The van der Waals surface area contributed by atoms with Crippen molar-refractivity contribution in [2.75, 3.05) is 26.7 Å². The number of piperidine rings is 1. The van der Waals surface area contributed by atoms with Crippen molar-refractivity contribution in [1.82, 2.24) is 10.2 Å². The maximum Gasteiger partial charge on any atom is 0.0114 e. The molecule has 2 unspecified atom stereocenters. The van der Waals surface area contributed by atoms with Crippen molar-refractivity contribution in [3.63, 3.8) is 0 Å². The van der Waals surface area contributed by atoms with Crippen LogP contribution in [-0.2, 0) is 0 Å². The lowest BCUT2D eigenvalue weighted by atomic mass is 9.94. The van der Waals surface area contributed by atoms with E-state index in [1.807, 2.05) is 0 Å². The van der Waals surface area contributed by atoms with E-state index < -0.39 is 0 Å². The van der Waals surface area contributed by atoms with E-state index in [4.69, 9.17) is 0 Å². The van der Waals surface area contributed by atoms with Crippen molar-refractivity contribution in [3.05, 3.63) is 0 Å². The summed E-state index contributed by atoms with van der Waals surface area (Å²) in [5.74, 6) is 0.814. The second kappa shape index (κ2) is 4.07. The molecule has 0 spiro atoms. The number of hydrogen-bond acceptors (Lipinski definition) is 2. The quantitative estimate of drug-likeness (QED) is 0.640. The third-order valence-corrected chi connectivity index (χ3v) is 2.81. The summed E-state index contributed by atoms with van der Waals surface area (Å²) in [6, 6.07) is 0.748. The monoisotopic (exact) mass is 156 g/mol. The van der Waals surface area contributed by atoms with Crippen LogP contribution in [0, 0.1) is 5.92 Å². The molecule has 2 atom stereocenters. The van der Waals surface area contributed by atoms with Gasteiger partial charge in [-0.3, -0.25) is 0 Å². The molecule has 1 aliphatic heterocycles. The molecule has 0 amide bonds. The number of likely N-dealkylation sites (tertiary alicyclic amines) is 1. The van der Waals surface area contributed by atoms with E-state index in [0.29, 0.717) is 0 Å². The standard InChI is InChI=1S/C9H20N2/c1-4-11-6-5-9(10-3)8(2)7-11/h8-10H,4-7H2,1-3H3. The molecule has 0 aromatic rings. The highest BCUT2D eigenvalue weighted by molar-refractivity contribution is 4.80. The molecule has 2 nitrogen and oxygen atoms in total. The van der Waals surface area contributed by atoms with Crippen molar-refractivity contribution >= 4 is 0 Å². The fraction of sp³-hybridized carbons (Fsp3) is 1.00. The van der Waals surface area contributed by atoms with Gasteiger partial charge in [0, 0.05) is 12.6 Å². The van der Waals surface area contributed by atoms with Crippen molar-refractivity contribution in [3.8, 4) is 0 Å². The zero-order chi connectivity index (χ0) is 8.27. The highest BCUT2D eigenvalue weighted by Gasteiger charge is 2.23. The smallest absolute Gasteiger partial charge is 0.0114 e. The zero-order valence-corrected chi connectivity index (χ0v) is 7.93. The largest absolute Gasteiger partial charge is 0.317 e. The van der Waals surface area contributed by atoms with Crippen LogP contribution in [0.2, 0.25) is 0 Å². The lowest BCUT2D eigenvalue weighted by Gasteiger charge is -2.36. The van der Waals surface area contributed by atoms with E-state index >= 15 is 0 Å². The van der Waals surface area contributed by atoms with E-state index in [1.54, 1.807) is 0 Å². The first-order valence-corrected chi connectivity index (χ1v) is 4.67. The van der Waals surface area contributed by atoms with Crippen LogP contribution in [0.5, 0.6) is 0 Å². The Morgan fingerprint density at radius 1 is 1.55 bits per heavy atom. The predicted octanol–water partition coefficient (Wildman–Crippen LogP) is 0.936. The van der Waals surface area contributed by atoms with Gasteiger partial charge in [0.25, 0.3) is 0 Å². The second-order valence-electron chi connectivity index (χ2n) is 3.55. The molecule has 1 saturated heterocycles. The van der Waals surface area contributed by atoms with Crippen molar-refractivity contribution in [1.29, 1.82) is 0 Å². The molecule has 0 saturated carbocycles. The van der Waals surface area contributed by atoms with Gasteiger partial charge in [0.05, 0.1) is 0 Å². The van der Waals surface area contributed by atoms with Crippen LogP contribution < -0.4 is 5.32 Å². The summed E-state index contributed by atoms with van der Waals surface area (Å²) in [7, 11) is 2.07. The summed E-state index contributed by atoms with van der Waals surface area (Å²) in [5, 5.41) is 3.37. The molecule has 2 heteroatoms. The molecule has 11 heavy (non-hydrogen) atoms. The lowest BCUT2D eigenvalue weighted by Crippen LogP contribution is -2.46. The predicted molar refractivity (Wildman–Crippen MR) is 48.7 cm³/mol. The Morgan fingerprint density at radius 2 is 2.27 bits per heavy atom. The zero-order valence-electron chi connectivity index (χ0n) is 7.93. The highest BCUT2D eigenvalue weighted by atomic mass is 15.1. The minimum absolute atomic E-state index is 0.748. The first-order chi connectivity index (χ1) is 5.27. The van der Waals surface area contributed by atoms with Gasteiger partial charge in [-0.2, -0.15) is 0 Å². The molecule has 1 fully saturated rings. The Labute approximate surface area is 70.0 Å². The maximum atomic E-state index is 3.37. The van der Waals surface area contributed by atoms with Crippen LogP contribution >= 0.6 is 0 Å². The number of nitrogens with zero attached hydrogens (tertiary/aromatic N) is 1. The van der Waals surface area contributed by atoms with Gasteiger partial charge in [-0.05, 0) is 32.5 Å². The Morgan fingerprint density at radius 3 is 2.73 bits per heavy atom. The molecule has 1 aliphatic rings. The van der Waals surface area contributed by atoms with Crippen LogP contribution in [0.3, 0.4) is 0 Å². The fourth-order valence-corrected chi connectivity index (χ4v) is 1.95. The molecule has 0 aromatic carbocycles. The topological polar surface area (TPSA) is 15.3 Å². The van der Waals surface area contributed by atoms with Gasteiger partial charge < -0.3 is 10.2 Å². The molecule has 0 aromatic heterocycles. The Bertz CT molecular complexity index is 114. The summed E-state index contributed by atoms with van der Waals surface area (Å²) in [6.07, 6.45) is 1.31. The molecule has 1 N–H and O–H groups in total. The third kappa shape index (κ3) is 2.17. The molecule has 1 rings (SSSR count). The summed E-state index contributed by atoms with van der Waals surface area (Å²) in [6.45, 7) is 8.32. The highest BCUT2D eigenvalue weighted by Crippen LogP contribution is 2.15. The first-order valence-electron chi connectivity index (χ1n) is 4.67. The molecule has 0 radical (unpaired) electrons. The van der Waals surface area contributed by atoms with Crippen LogP contribution in [0.25, 0.3) is 0 Å². The number of rotatable bonds is 2. The molecular weight excluding hydrogens is 136 g/mol. The van der Waals surface area contributed by atoms with Gasteiger partial charge in [0.15, 0.2) is 0 Å². The fourth-order valence-electron chi connectivity index (χ4n) is 1.95. The lowest BCUT2D eigenvalue weighted by molar-refractivity contribution is 0.158. The Balaban J connectivity index is 2.34. The van der Waals surface area contributed by atoms with Crippen LogP contribution in [0.4, 0.5) is 0 Å². The molecule has 0 bridgehead atoms. The normalized spacial score (nSPS) is 34.1.